The highest BCUT2D eigenvalue weighted by Gasteiger charge is 2.64. The summed E-state index contributed by atoms with van der Waals surface area (Å²) in [5.74, 6) is 0.892. The minimum atomic E-state index is -0.471. The molecule has 0 heterocycles. The highest BCUT2D eigenvalue weighted by atomic mass is 16.7. The number of hydrogen-bond donors (Lipinski definition) is 2. The van der Waals surface area contributed by atoms with Crippen molar-refractivity contribution in [2.75, 3.05) is 20.5 Å². The van der Waals surface area contributed by atoms with Crippen LogP contribution < -0.4 is 0 Å². The fourth-order valence-corrected chi connectivity index (χ4v) is 6.69. The third-order valence-electron chi connectivity index (χ3n) is 7.62. The van der Waals surface area contributed by atoms with Crippen LogP contribution in [0, 0.1) is 28.6 Å². The number of methoxy groups -OCH3 is 1. The van der Waals surface area contributed by atoms with E-state index in [2.05, 4.69) is 13.8 Å². The van der Waals surface area contributed by atoms with Gasteiger partial charge in [0.2, 0.25) is 0 Å². The normalized spacial score (nSPS) is 47.2. The zero-order chi connectivity index (χ0) is 18.2. The predicted molar refractivity (Wildman–Crippen MR) is 93.9 cm³/mol. The van der Waals surface area contributed by atoms with Gasteiger partial charge in [0, 0.05) is 31.5 Å². The van der Waals surface area contributed by atoms with E-state index >= 15 is 0 Å². The lowest BCUT2D eigenvalue weighted by Crippen LogP contribution is -2.64. The number of hydrogen-bond acceptors (Lipinski definition) is 5. The molecule has 0 radical (unpaired) electrons. The van der Waals surface area contributed by atoms with E-state index in [4.69, 9.17) is 9.47 Å². The number of fused-ring (bicyclic) bond motifs is 3. The molecule has 0 aliphatic heterocycles. The monoisotopic (exact) mass is 354 g/mol. The lowest BCUT2D eigenvalue weighted by Gasteiger charge is -2.64. The van der Waals surface area contributed by atoms with Crippen LogP contribution in [0.3, 0.4) is 0 Å². The molecule has 0 unspecified atom stereocenters. The van der Waals surface area contributed by atoms with Gasteiger partial charge in [-0.25, -0.2) is 0 Å². The van der Waals surface area contributed by atoms with E-state index in [1.165, 1.54) is 0 Å². The SMILES string of the molecule is COCO[C@@H]1C[C@@H]2CCCC(=O)[C@H]2[C@]2(C)CC[C@@H](O)[C@@](C)(CCO)[C@@H]12. The summed E-state index contributed by atoms with van der Waals surface area (Å²) in [6.07, 6.45) is 5.17. The predicted octanol–water partition coefficient (Wildman–Crippen LogP) is 2.53. The molecule has 25 heavy (non-hydrogen) atoms. The van der Waals surface area contributed by atoms with Crippen molar-refractivity contribution in [1.29, 1.82) is 0 Å². The maximum absolute atomic E-state index is 12.9. The summed E-state index contributed by atoms with van der Waals surface area (Å²) < 4.78 is 11.3. The highest BCUT2D eigenvalue weighted by molar-refractivity contribution is 5.83. The lowest BCUT2D eigenvalue weighted by molar-refractivity contribution is -0.233. The molecule has 144 valence electrons. The van der Waals surface area contributed by atoms with E-state index in [9.17, 15) is 15.0 Å². The molecule has 0 saturated heterocycles. The molecule has 5 heteroatoms. The summed E-state index contributed by atoms with van der Waals surface area (Å²) in [7, 11) is 1.62. The second-order valence-electron chi connectivity index (χ2n) is 8.96. The highest BCUT2D eigenvalue weighted by Crippen LogP contribution is 2.64. The Morgan fingerprint density at radius 1 is 1.28 bits per heavy atom. The number of rotatable bonds is 5. The van der Waals surface area contributed by atoms with Crippen molar-refractivity contribution >= 4 is 5.78 Å². The fraction of sp³-hybridized carbons (Fsp3) is 0.950. The van der Waals surface area contributed by atoms with E-state index in [0.717, 1.165) is 25.7 Å². The maximum Gasteiger partial charge on any atom is 0.146 e. The largest absolute Gasteiger partial charge is 0.396 e. The molecule has 3 rings (SSSR count). The maximum atomic E-state index is 12.9. The Morgan fingerprint density at radius 3 is 2.72 bits per heavy atom. The molecule has 2 N–H and O–H groups in total. The van der Waals surface area contributed by atoms with Crippen molar-refractivity contribution in [2.24, 2.45) is 28.6 Å². The first-order chi connectivity index (χ1) is 11.9. The van der Waals surface area contributed by atoms with Gasteiger partial charge in [0.15, 0.2) is 0 Å². The Balaban J connectivity index is 2.02. The van der Waals surface area contributed by atoms with Crippen molar-refractivity contribution in [1.82, 2.24) is 0 Å². The average molecular weight is 354 g/mol. The molecule has 0 aromatic rings. The molecule has 5 nitrogen and oxygen atoms in total. The number of carbonyl (C=O) groups is 1. The quantitative estimate of drug-likeness (QED) is 0.742. The first-order valence-corrected chi connectivity index (χ1v) is 9.80. The van der Waals surface area contributed by atoms with Gasteiger partial charge >= 0.3 is 0 Å². The molecule has 0 aromatic heterocycles. The van der Waals surface area contributed by atoms with Crippen LogP contribution in [-0.2, 0) is 14.3 Å². The van der Waals surface area contributed by atoms with Gasteiger partial charge in [-0.1, -0.05) is 13.8 Å². The van der Waals surface area contributed by atoms with E-state index in [0.29, 0.717) is 31.0 Å². The summed E-state index contributed by atoms with van der Waals surface area (Å²) in [5.41, 5.74) is -0.620. The van der Waals surface area contributed by atoms with Crippen LogP contribution in [0.1, 0.15) is 58.8 Å². The molecule has 3 aliphatic carbocycles. The van der Waals surface area contributed by atoms with Crippen molar-refractivity contribution in [3.63, 3.8) is 0 Å². The first kappa shape index (κ1) is 19.3. The van der Waals surface area contributed by atoms with Gasteiger partial charge in [-0.15, -0.1) is 0 Å². The Morgan fingerprint density at radius 2 is 2.04 bits per heavy atom. The Hall–Kier alpha value is -0.490. The number of carbonyl (C=O) groups excluding carboxylic acids is 1. The molecule has 0 bridgehead atoms. The topological polar surface area (TPSA) is 76.0 Å². The molecule has 3 aliphatic rings. The standard InChI is InChI=1S/C20H34O5/c1-19(9-10-21)16(23)7-8-20(2)17-13(5-4-6-14(17)22)11-15(18(19)20)25-12-24-3/h13,15-18,21,23H,4-12H2,1-3H3/t13-,15+,16+,17-,18+,19+,20-/m0/s1. The summed E-state index contributed by atoms with van der Waals surface area (Å²) >= 11 is 0. The number of ether oxygens (including phenoxy) is 2. The van der Waals surface area contributed by atoms with Crippen LogP contribution in [0.2, 0.25) is 0 Å². The third-order valence-corrected chi connectivity index (χ3v) is 7.62. The third kappa shape index (κ3) is 3.07. The molecule has 3 saturated carbocycles. The zero-order valence-electron chi connectivity index (χ0n) is 15.9. The average Bonchev–Trinajstić information content (AvgIpc) is 2.56. The van der Waals surface area contributed by atoms with Crippen LogP contribution in [0.5, 0.6) is 0 Å². The van der Waals surface area contributed by atoms with Gasteiger partial charge in [0.1, 0.15) is 12.6 Å². The number of aliphatic hydroxyl groups excluding tert-OH is 2. The molecular weight excluding hydrogens is 320 g/mol. The van der Waals surface area contributed by atoms with E-state index < -0.39 is 11.5 Å². The lowest BCUT2D eigenvalue weighted by atomic mass is 9.42. The molecule has 0 amide bonds. The van der Waals surface area contributed by atoms with Gasteiger partial charge in [0.05, 0.1) is 12.2 Å². The van der Waals surface area contributed by atoms with E-state index in [1.807, 2.05) is 0 Å². The second kappa shape index (κ2) is 7.26. The van der Waals surface area contributed by atoms with Crippen LogP contribution in [-0.4, -0.2) is 48.7 Å². The van der Waals surface area contributed by atoms with Crippen LogP contribution >= 0.6 is 0 Å². The summed E-state index contributed by atoms with van der Waals surface area (Å²) in [6.45, 7) is 4.59. The molecule has 0 aromatic carbocycles. The van der Waals surface area contributed by atoms with Crippen molar-refractivity contribution in [3.05, 3.63) is 0 Å². The summed E-state index contributed by atoms with van der Waals surface area (Å²) in [4.78, 5) is 12.9. The number of ketones is 1. The van der Waals surface area contributed by atoms with Crippen molar-refractivity contribution < 1.29 is 24.5 Å². The van der Waals surface area contributed by atoms with Gasteiger partial charge < -0.3 is 19.7 Å². The first-order valence-electron chi connectivity index (χ1n) is 9.80. The summed E-state index contributed by atoms with van der Waals surface area (Å²) in [5, 5.41) is 20.5. The van der Waals surface area contributed by atoms with E-state index in [1.54, 1.807) is 7.11 Å². The number of Topliss-reactive ketones (excluding diaryl/α,β-unsaturated/α-hetero) is 1. The second-order valence-corrected chi connectivity index (χ2v) is 8.96. The van der Waals surface area contributed by atoms with Crippen LogP contribution in [0.15, 0.2) is 0 Å². The molecule has 7 atom stereocenters. The molecular formula is C20H34O5. The minimum Gasteiger partial charge on any atom is -0.396 e. The fourth-order valence-electron chi connectivity index (χ4n) is 6.69. The Kier molecular flexibility index (Phi) is 5.60. The molecule has 3 fully saturated rings. The zero-order valence-corrected chi connectivity index (χ0v) is 15.9. The van der Waals surface area contributed by atoms with Gasteiger partial charge in [-0.2, -0.15) is 0 Å². The van der Waals surface area contributed by atoms with E-state index in [-0.39, 0.29) is 36.8 Å². The summed E-state index contributed by atoms with van der Waals surface area (Å²) in [6, 6.07) is 0. The van der Waals surface area contributed by atoms with Crippen molar-refractivity contribution in [2.45, 2.75) is 71.0 Å². The van der Waals surface area contributed by atoms with Crippen LogP contribution in [0.25, 0.3) is 0 Å². The smallest absolute Gasteiger partial charge is 0.146 e. The van der Waals surface area contributed by atoms with Gasteiger partial charge in [-0.3, -0.25) is 4.79 Å². The minimum absolute atomic E-state index is 0.0383. The van der Waals surface area contributed by atoms with Gasteiger partial charge in [0.25, 0.3) is 0 Å². The number of aliphatic hydroxyl groups is 2. The Labute approximate surface area is 151 Å². The van der Waals surface area contributed by atoms with Gasteiger partial charge in [-0.05, 0) is 55.8 Å². The molecule has 0 spiro atoms. The van der Waals surface area contributed by atoms with Crippen LogP contribution in [0.4, 0.5) is 0 Å². The Bertz CT molecular complexity index is 494. The van der Waals surface area contributed by atoms with Crippen molar-refractivity contribution in [3.8, 4) is 0 Å².